The van der Waals surface area contributed by atoms with Crippen LogP contribution in [0.15, 0.2) is 54.7 Å². The molecule has 10 nitrogen and oxygen atoms in total. The standard InChI is InChI=1S/C22H16F3N5O5S/c23-22(24,25)35-13-3-1-2-12(8-13)10-26-19(31)15-9-16(30-18(29-15)6-7-28-30)20(32)27-11-14-4-5-17(36-14)21(33)34/h1-9H,10-11H2,(H,26,31)(H,27,32)(H,33,34). The Morgan fingerprint density at radius 3 is 2.53 bits per heavy atom. The fourth-order valence-corrected chi connectivity index (χ4v) is 3.95. The lowest BCUT2D eigenvalue weighted by atomic mass is 10.2. The summed E-state index contributed by atoms with van der Waals surface area (Å²) in [5.41, 5.74) is 0.466. The normalized spacial score (nSPS) is 11.3. The first kappa shape index (κ1) is 24.7. The van der Waals surface area contributed by atoms with Gasteiger partial charge in [-0.25, -0.2) is 14.3 Å². The van der Waals surface area contributed by atoms with Gasteiger partial charge in [0.2, 0.25) is 0 Å². The molecule has 0 unspecified atom stereocenters. The minimum Gasteiger partial charge on any atom is -0.477 e. The van der Waals surface area contributed by atoms with E-state index in [1.807, 2.05) is 0 Å². The lowest BCUT2D eigenvalue weighted by Crippen LogP contribution is -2.28. The molecule has 0 saturated heterocycles. The molecule has 36 heavy (non-hydrogen) atoms. The van der Waals surface area contributed by atoms with Crippen LogP contribution in [0.3, 0.4) is 0 Å². The van der Waals surface area contributed by atoms with E-state index in [4.69, 9.17) is 5.11 Å². The van der Waals surface area contributed by atoms with E-state index in [9.17, 15) is 27.6 Å². The molecule has 14 heteroatoms. The molecule has 2 amide bonds. The Bertz CT molecular complexity index is 1450. The third-order valence-corrected chi connectivity index (χ3v) is 5.78. The highest BCUT2D eigenvalue weighted by atomic mass is 32.1. The Labute approximate surface area is 204 Å². The molecule has 4 rings (SSSR count). The maximum absolute atomic E-state index is 12.8. The van der Waals surface area contributed by atoms with Crippen LogP contribution in [-0.2, 0) is 13.1 Å². The molecular formula is C22H16F3N5O5S. The van der Waals surface area contributed by atoms with Crippen molar-refractivity contribution in [3.8, 4) is 5.75 Å². The zero-order valence-electron chi connectivity index (χ0n) is 18.1. The molecule has 0 aliphatic heterocycles. The lowest BCUT2D eigenvalue weighted by molar-refractivity contribution is -0.274. The van der Waals surface area contributed by atoms with Crippen LogP contribution < -0.4 is 15.4 Å². The second kappa shape index (κ2) is 10.0. The number of hydrogen-bond donors (Lipinski definition) is 3. The summed E-state index contributed by atoms with van der Waals surface area (Å²) in [6, 6.07) is 10.9. The SMILES string of the molecule is O=C(NCc1cccc(OC(F)(F)F)c1)c1cc(C(=O)NCc2ccc(C(=O)O)s2)n2nccc2n1. The molecule has 0 fully saturated rings. The maximum Gasteiger partial charge on any atom is 0.573 e. The molecule has 0 aliphatic carbocycles. The molecule has 4 aromatic rings. The summed E-state index contributed by atoms with van der Waals surface area (Å²) in [4.78, 5) is 41.5. The molecule has 3 aromatic heterocycles. The summed E-state index contributed by atoms with van der Waals surface area (Å²) >= 11 is 1.02. The van der Waals surface area contributed by atoms with Gasteiger partial charge in [0.1, 0.15) is 22.0 Å². The molecule has 0 bridgehead atoms. The third kappa shape index (κ3) is 5.96. The quantitative estimate of drug-likeness (QED) is 0.325. The van der Waals surface area contributed by atoms with Crippen molar-refractivity contribution in [2.75, 3.05) is 0 Å². The molecule has 0 spiro atoms. The van der Waals surface area contributed by atoms with Gasteiger partial charge in [-0.1, -0.05) is 12.1 Å². The third-order valence-electron chi connectivity index (χ3n) is 4.71. The van der Waals surface area contributed by atoms with Gasteiger partial charge in [-0.2, -0.15) is 5.10 Å². The van der Waals surface area contributed by atoms with E-state index in [1.165, 1.54) is 41.0 Å². The number of thiophene rings is 1. The number of aromatic nitrogens is 3. The van der Waals surface area contributed by atoms with Crippen LogP contribution in [0.5, 0.6) is 5.75 Å². The van der Waals surface area contributed by atoms with Crippen molar-refractivity contribution in [3.63, 3.8) is 0 Å². The van der Waals surface area contributed by atoms with Crippen LogP contribution >= 0.6 is 11.3 Å². The smallest absolute Gasteiger partial charge is 0.477 e. The maximum atomic E-state index is 12.8. The molecule has 3 N–H and O–H groups in total. The Morgan fingerprint density at radius 2 is 1.81 bits per heavy atom. The monoisotopic (exact) mass is 519 g/mol. The Balaban J connectivity index is 1.47. The van der Waals surface area contributed by atoms with Crippen molar-refractivity contribution in [1.29, 1.82) is 0 Å². The van der Waals surface area contributed by atoms with E-state index in [0.717, 1.165) is 23.5 Å². The van der Waals surface area contributed by atoms with Crippen molar-refractivity contribution in [1.82, 2.24) is 25.2 Å². The molecule has 0 atom stereocenters. The fourth-order valence-electron chi connectivity index (χ4n) is 3.16. The predicted octanol–water partition coefficient (Wildman–Crippen LogP) is 3.25. The first-order chi connectivity index (χ1) is 17.1. The van der Waals surface area contributed by atoms with Gasteiger partial charge >= 0.3 is 12.3 Å². The summed E-state index contributed by atoms with van der Waals surface area (Å²) in [5, 5.41) is 18.3. The minimum atomic E-state index is -4.84. The summed E-state index contributed by atoms with van der Waals surface area (Å²) in [5.74, 6) is -2.74. The molecular weight excluding hydrogens is 503 g/mol. The second-order valence-corrected chi connectivity index (χ2v) is 8.43. The van der Waals surface area contributed by atoms with E-state index in [2.05, 4.69) is 25.5 Å². The van der Waals surface area contributed by atoms with Crippen LogP contribution in [-0.4, -0.2) is 43.9 Å². The van der Waals surface area contributed by atoms with Crippen LogP contribution in [0.1, 0.15) is 41.1 Å². The number of halogens is 3. The van der Waals surface area contributed by atoms with Crippen molar-refractivity contribution in [2.45, 2.75) is 19.5 Å². The Kier molecular flexibility index (Phi) is 6.87. The molecule has 186 valence electrons. The number of amides is 2. The van der Waals surface area contributed by atoms with E-state index >= 15 is 0 Å². The number of carbonyl (C=O) groups is 3. The molecule has 1 aromatic carbocycles. The average Bonchev–Trinajstić information content (AvgIpc) is 3.49. The van der Waals surface area contributed by atoms with Gasteiger partial charge in [-0.3, -0.25) is 9.59 Å². The first-order valence-electron chi connectivity index (χ1n) is 10.2. The van der Waals surface area contributed by atoms with Crippen LogP contribution in [0, 0.1) is 0 Å². The van der Waals surface area contributed by atoms with Crippen LogP contribution in [0.2, 0.25) is 0 Å². The van der Waals surface area contributed by atoms with Crippen molar-refractivity contribution in [2.24, 2.45) is 0 Å². The number of benzene rings is 1. The molecule has 0 saturated carbocycles. The van der Waals surface area contributed by atoms with Gasteiger partial charge in [0, 0.05) is 23.6 Å². The van der Waals surface area contributed by atoms with E-state index in [1.54, 1.807) is 6.07 Å². The largest absolute Gasteiger partial charge is 0.573 e. The second-order valence-electron chi connectivity index (χ2n) is 7.26. The Hall–Kier alpha value is -4.46. The average molecular weight is 519 g/mol. The summed E-state index contributed by atoms with van der Waals surface area (Å²) in [6.45, 7) is -0.0639. The van der Waals surface area contributed by atoms with Crippen molar-refractivity contribution in [3.05, 3.63) is 81.4 Å². The summed E-state index contributed by atoms with van der Waals surface area (Å²) < 4.78 is 42.4. The van der Waals surface area contributed by atoms with Gasteiger partial charge in [0.15, 0.2) is 5.65 Å². The van der Waals surface area contributed by atoms with Gasteiger partial charge in [-0.05, 0) is 29.8 Å². The molecule has 3 heterocycles. The van der Waals surface area contributed by atoms with Crippen LogP contribution in [0.25, 0.3) is 5.65 Å². The van der Waals surface area contributed by atoms with Crippen LogP contribution in [0.4, 0.5) is 13.2 Å². The minimum absolute atomic E-state index is 0.00531. The fraction of sp³-hybridized carbons (Fsp3) is 0.136. The van der Waals surface area contributed by atoms with E-state index < -0.39 is 29.9 Å². The number of alkyl halides is 3. The number of hydrogen-bond acceptors (Lipinski definition) is 7. The van der Waals surface area contributed by atoms with Gasteiger partial charge in [0.25, 0.3) is 11.8 Å². The lowest BCUT2D eigenvalue weighted by Gasteiger charge is -2.11. The summed E-state index contributed by atoms with van der Waals surface area (Å²) in [6.07, 6.45) is -3.45. The number of carbonyl (C=O) groups excluding carboxylic acids is 2. The van der Waals surface area contributed by atoms with Gasteiger partial charge in [-0.15, -0.1) is 24.5 Å². The number of ether oxygens (including phenoxy) is 1. The van der Waals surface area contributed by atoms with Crippen molar-refractivity contribution >= 4 is 34.8 Å². The zero-order valence-corrected chi connectivity index (χ0v) is 18.9. The van der Waals surface area contributed by atoms with E-state index in [-0.39, 0.29) is 35.0 Å². The summed E-state index contributed by atoms with van der Waals surface area (Å²) in [7, 11) is 0. The number of rotatable bonds is 8. The topological polar surface area (TPSA) is 135 Å². The highest BCUT2D eigenvalue weighted by Crippen LogP contribution is 2.23. The van der Waals surface area contributed by atoms with Crippen molar-refractivity contribution < 1.29 is 37.4 Å². The number of carboxylic acid groups (broad SMARTS) is 1. The highest BCUT2D eigenvalue weighted by Gasteiger charge is 2.31. The predicted molar refractivity (Wildman–Crippen MR) is 120 cm³/mol. The number of aromatic carboxylic acids is 1. The molecule has 0 radical (unpaired) electrons. The van der Waals surface area contributed by atoms with E-state index in [0.29, 0.717) is 10.4 Å². The number of nitrogens with zero attached hydrogens (tertiary/aromatic N) is 3. The number of carboxylic acids is 1. The first-order valence-corrected chi connectivity index (χ1v) is 11.0. The Morgan fingerprint density at radius 1 is 1.03 bits per heavy atom. The number of nitrogens with one attached hydrogen (secondary N) is 2. The highest BCUT2D eigenvalue weighted by molar-refractivity contribution is 7.13. The van der Waals surface area contributed by atoms with Gasteiger partial charge < -0.3 is 20.5 Å². The number of fused-ring (bicyclic) bond motifs is 1. The van der Waals surface area contributed by atoms with Gasteiger partial charge in [0.05, 0.1) is 12.7 Å². The molecule has 0 aliphatic rings. The zero-order chi connectivity index (χ0) is 25.9.